The Labute approximate surface area is 205 Å². The number of hydrogen-bond donors (Lipinski definition) is 1. The van der Waals surface area contributed by atoms with Crippen molar-refractivity contribution in [2.45, 2.75) is 25.4 Å². The first-order valence-electron chi connectivity index (χ1n) is 12.2. The summed E-state index contributed by atoms with van der Waals surface area (Å²) in [7, 11) is 1.78. The van der Waals surface area contributed by atoms with Crippen LogP contribution in [-0.2, 0) is 16.1 Å². The van der Waals surface area contributed by atoms with Gasteiger partial charge in [0.25, 0.3) is 5.91 Å². The second-order valence-corrected chi connectivity index (χ2v) is 9.30. The fraction of sp³-hybridized carbons (Fsp3) is 0.357. The smallest absolute Gasteiger partial charge is 0.258 e. The number of benzene rings is 3. The summed E-state index contributed by atoms with van der Waals surface area (Å²) in [5.41, 5.74) is 2.44. The first-order chi connectivity index (χ1) is 17.0. The summed E-state index contributed by atoms with van der Waals surface area (Å²) >= 11 is 0. The zero-order chi connectivity index (χ0) is 24.4. The van der Waals surface area contributed by atoms with E-state index in [1.807, 2.05) is 24.3 Å². The van der Waals surface area contributed by atoms with Crippen LogP contribution in [0.4, 0.5) is 5.69 Å². The van der Waals surface area contributed by atoms with Crippen molar-refractivity contribution < 1.29 is 19.4 Å². The van der Waals surface area contributed by atoms with E-state index >= 15 is 0 Å². The molecule has 3 aromatic rings. The first-order valence-corrected chi connectivity index (χ1v) is 12.2. The number of amides is 2. The van der Waals surface area contributed by atoms with Gasteiger partial charge in [0.1, 0.15) is 11.8 Å². The highest BCUT2D eigenvalue weighted by Crippen LogP contribution is 2.31. The van der Waals surface area contributed by atoms with E-state index in [1.54, 1.807) is 29.0 Å². The Balaban J connectivity index is 1.27. The number of fused-ring (bicyclic) bond motifs is 1. The Morgan fingerprint density at radius 2 is 1.74 bits per heavy atom. The third-order valence-electron chi connectivity index (χ3n) is 7.04. The number of ether oxygens (including phenoxy) is 1. The van der Waals surface area contributed by atoms with Gasteiger partial charge < -0.3 is 24.5 Å². The topological polar surface area (TPSA) is 73.3 Å². The largest absolute Gasteiger partial charge is 0.506 e. The molecule has 0 aliphatic carbocycles. The average molecular weight is 474 g/mol. The summed E-state index contributed by atoms with van der Waals surface area (Å²) in [5.74, 6) is -0.402. The predicted molar refractivity (Wildman–Crippen MR) is 136 cm³/mol. The number of anilines is 1. The number of phenolic OH excluding ortho intramolecular Hbond substituents is 1. The number of carbonyl (C=O) groups is 2. The highest BCUT2D eigenvalue weighted by molar-refractivity contribution is 6.05. The lowest BCUT2D eigenvalue weighted by molar-refractivity contribution is -0.134. The van der Waals surface area contributed by atoms with Crippen molar-refractivity contribution in [1.82, 2.24) is 9.80 Å². The Morgan fingerprint density at radius 1 is 1.00 bits per heavy atom. The molecular formula is C28H31N3O4. The van der Waals surface area contributed by atoms with Crippen molar-refractivity contribution in [2.24, 2.45) is 0 Å². The molecule has 2 aliphatic rings. The molecule has 0 saturated carbocycles. The van der Waals surface area contributed by atoms with Gasteiger partial charge in [-0.05, 0) is 42.0 Å². The van der Waals surface area contributed by atoms with Gasteiger partial charge in [0.15, 0.2) is 0 Å². The van der Waals surface area contributed by atoms with E-state index < -0.39 is 6.04 Å². The summed E-state index contributed by atoms with van der Waals surface area (Å²) in [6.45, 7) is 4.23. The molecule has 2 saturated heterocycles. The molecule has 2 amide bonds. The maximum absolute atomic E-state index is 13.4. The molecule has 0 aromatic heterocycles. The Hall–Kier alpha value is -3.58. The summed E-state index contributed by atoms with van der Waals surface area (Å²) in [6.07, 6.45) is 1.39. The number of hydrogen-bond acceptors (Lipinski definition) is 5. The second-order valence-electron chi connectivity index (χ2n) is 9.30. The van der Waals surface area contributed by atoms with E-state index in [4.69, 9.17) is 4.74 Å². The molecule has 0 radical (unpaired) electrons. The van der Waals surface area contributed by atoms with Gasteiger partial charge in [-0.3, -0.25) is 9.59 Å². The molecule has 2 heterocycles. The Kier molecular flexibility index (Phi) is 6.59. The minimum atomic E-state index is -0.522. The molecule has 0 spiro atoms. The zero-order valence-corrected chi connectivity index (χ0v) is 20.0. The minimum Gasteiger partial charge on any atom is -0.506 e. The molecule has 7 nitrogen and oxygen atoms in total. The Morgan fingerprint density at radius 3 is 2.51 bits per heavy atom. The summed E-state index contributed by atoms with van der Waals surface area (Å²) in [5, 5.41) is 12.3. The zero-order valence-electron chi connectivity index (χ0n) is 20.0. The van der Waals surface area contributed by atoms with Gasteiger partial charge in [0.2, 0.25) is 5.91 Å². The van der Waals surface area contributed by atoms with Crippen LogP contribution in [0.3, 0.4) is 0 Å². The van der Waals surface area contributed by atoms with Crippen molar-refractivity contribution in [3.8, 4) is 5.75 Å². The summed E-state index contributed by atoms with van der Waals surface area (Å²) in [4.78, 5) is 32.3. The molecule has 2 fully saturated rings. The van der Waals surface area contributed by atoms with E-state index in [1.165, 1.54) is 0 Å². The van der Waals surface area contributed by atoms with Gasteiger partial charge in [0, 0.05) is 44.3 Å². The van der Waals surface area contributed by atoms with E-state index in [9.17, 15) is 14.7 Å². The van der Waals surface area contributed by atoms with Crippen LogP contribution in [0, 0.1) is 0 Å². The number of likely N-dealkylation sites (tertiary alicyclic amines) is 1. The second kappa shape index (κ2) is 9.96. The van der Waals surface area contributed by atoms with Crippen LogP contribution in [0.2, 0.25) is 0 Å². The Bertz CT molecular complexity index is 1220. The maximum atomic E-state index is 13.4. The number of nitrogens with zero attached hydrogens (tertiary/aromatic N) is 3. The van der Waals surface area contributed by atoms with Crippen LogP contribution in [0.1, 0.15) is 28.8 Å². The van der Waals surface area contributed by atoms with Crippen LogP contribution < -0.4 is 4.90 Å². The highest BCUT2D eigenvalue weighted by atomic mass is 16.5. The van der Waals surface area contributed by atoms with Gasteiger partial charge in [-0.25, -0.2) is 0 Å². The fourth-order valence-electron chi connectivity index (χ4n) is 5.09. The van der Waals surface area contributed by atoms with Gasteiger partial charge in [-0.15, -0.1) is 0 Å². The molecule has 0 bridgehead atoms. The van der Waals surface area contributed by atoms with E-state index in [-0.39, 0.29) is 23.1 Å². The minimum absolute atomic E-state index is 0.0279. The lowest BCUT2D eigenvalue weighted by atomic mass is 10.0. The number of rotatable bonds is 5. The van der Waals surface area contributed by atoms with E-state index in [2.05, 4.69) is 29.2 Å². The van der Waals surface area contributed by atoms with E-state index in [0.717, 1.165) is 49.4 Å². The summed E-state index contributed by atoms with van der Waals surface area (Å²) < 4.78 is 5.42. The van der Waals surface area contributed by atoms with Crippen molar-refractivity contribution in [2.75, 3.05) is 44.8 Å². The average Bonchev–Trinajstić information content (AvgIpc) is 3.39. The molecule has 182 valence electrons. The molecule has 3 aromatic carbocycles. The van der Waals surface area contributed by atoms with Crippen molar-refractivity contribution in [3.63, 3.8) is 0 Å². The molecule has 1 atom stereocenters. The predicted octanol–water partition coefficient (Wildman–Crippen LogP) is 3.65. The molecule has 35 heavy (non-hydrogen) atoms. The molecular weight excluding hydrogens is 442 g/mol. The number of aromatic hydroxyl groups is 1. The van der Waals surface area contributed by atoms with Gasteiger partial charge >= 0.3 is 0 Å². The summed E-state index contributed by atoms with van der Waals surface area (Å²) in [6, 6.07) is 18.7. The van der Waals surface area contributed by atoms with Crippen LogP contribution in [0.15, 0.2) is 60.7 Å². The fourth-order valence-corrected chi connectivity index (χ4v) is 5.09. The van der Waals surface area contributed by atoms with Crippen LogP contribution in [0.5, 0.6) is 5.75 Å². The molecule has 5 rings (SSSR count). The number of likely N-dealkylation sites (N-methyl/N-ethyl adjacent to an activating group) is 1. The standard InChI is InChI=1S/C28H31N3O4/c1-29(19-20-8-11-22(12-9-20)30-15-17-35-18-16-30)28(34)25-7-4-14-31(25)27(33)24-13-10-21-5-2-3-6-23(21)26(24)32/h2-3,5-6,8-13,25,32H,4,7,14-19H2,1H3. The molecule has 1 unspecified atom stereocenters. The SMILES string of the molecule is CN(Cc1ccc(N2CCOCC2)cc1)C(=O)C1CCCN1C(=O)c1ccc2ccccc2c1O. The lowest BCUT2D eigenvalue weighted by Gasteiger charge is -2.30. The van der Waals surface area contributed by atoms with Crippen LogP contribution in [-0.4, -0.2) is 72.7 Å². The normalized spacial score (nSPS) is 18.1. The lowest BCUT2D eigenvalue weighted by Crippen LogP contribution is -2.46. The molecule has 1 N–H and O–H groups in total. The van der Waals surface area contributed by atoms with E-state index in [0.29, 0.717) is 24.9 Å². The number of carbonyl (C=O) groups excluding carboxylic acids is 2. The molecule has 2 aliphatic heterocycles. The number of phenols is 1. The van der Waals surface area contributed by atoms with Crippen molar-refractivity contribution in [1.29, 1.82) is 0 Å². The van der Waals surface area contributed by atoms with Crippen LogP contribution in [0.25, 0.3) is 10.8 Å². The number of morpholine rings is 1. The molecule has 7 heteroatoms. The van der Waals surface area contributed by atoms with Gasteiger partial charge in [0.05, 0.1) is 18.8 Å². The first kappa shape index (κ1) is 23.2. The third-order valence-corrected chi connectivity index (χ3v) is 7.04. The third kappa shape index (κ3) is 4.68. The quantitative estimate of drug-likeness (QED) is 0.613. The highest BCUT2D eigenvalue weighted by Gasteiger charge is 2.37. The van der Waals surface area contributed by atoms with Crippen LogP contribution >= 0.6 is 0 Å². The van der Waals surface area contributed by atoms with Crippen molar-refractivity contribution in [3.05, 3.63) is 71.8 Å². The monoisotopic (exact) mass is 473 g/mol. The van der Waals surface area contributed by atoms with Gasteiger partial charge in [-0.2, -0.15) is 0 Å². The van der Waals surface area contributed by atoms with Crippen molar-refractivity contribution >= 4 is 28.3 Å². The maximum Gasteiger partial charge on any atom is 0.258 e. The van der Waals surface area contributed by atoms with Gasteiger partial charge in [-0.1, -0.05) is 42.5 Å².